The number of thioether (sulfide) groups is 1. The summed E-state index contributed by atoms with van der Waals surface area (Å²) in [6, 6.07) is 19.5. The zero-order valence-electron chi connectivity index (χ0n) is 18.8. The molecule has 0 saturated carbocycles. The molecule has 1 saturated heterocycles. The van der Waals surface area contributed by atoms with Gasteiger partial charge in [0.25, 0.3) is 0 Å². The van der Waals surface area contributed by atoms with Gasteiger partial charge in [0, 0.05) is 23.7 Å². The molecule has 192 valence electrons. The average molecular weight is 585 g/mol. The Bertz CT molecular complexity index is 1320. The summed E-state index contributed by atoms with van der Waals surface area (Å²) in [5.74, 6) is -0.904. The molecule has 1 N–H and O–H groups in total. The molecule has 1 fully saturated rings. The molecule has 6 nitrogen and oxygen atoms in total. The second-order valence-corrected chi connectivity index (χ2v) is 10.3. The summed E-state index contributed by atoms with van der Waals surface area (Å²) < 4.78 is 29.9. The van der Waals surface area contributed by atoms with E-state index >= 15 is 0 Å². The Kier molecular flexibility index (Phi) is 8.59. The largest absolute Gasteiger partial charge is 0.487 e. The molecule has 1 aliphatic rings. The molecule has 2 amide bonds. The smallest absolute Gasteiger partial charge is 0.420 e. The van der Waals surface area contributed by atoms with Gasteiger partial charge in [0.05, 0.1) is 22.3 Å². The van der Waals surface area contributed by atoms with Gasteiger partial charge in [-0.2, -0.15) is 0 Å². The highest BCUT2D eigenvalue weighted by Gasteiger charge is 2.36. The van der Waals surface area contributed by atoms with E-state index < -0.39 is 16.7 Å². The van der Waals surface area contributed by atoms with Crippen LogP contribution in [0, 0.1) is 0 Å². The van der Waals surface area contributed by atoms with Gasteiger partial charge in [0.15, 0.2) is 5.17 Å². The van der Waals surface area contributed by atoms with Crippen LogP contribution in [-0.4, -0.2) is 32.7 Å². The standard InChI is InChI=1S/C25H18Cl3F2N3O3S/c26-19-11-8-17(12-20(19)27)32-24-33(14-15-4-2-1-3-5-15)22(34)13-21(37-24)23(35)31-16-6-9-18(10-7-16)36-25(28,29)30/h1-12,21H,13-14H2,(H,31,35). The number of benzene rings is 3. The zero-order valence-corrected chi connectivity index (χ0v) is 21.9. The van der Waals surface area contributed by atoms with Crippen molar-refractivity contribution in [3.63, 3.8) is 0 Å². The first-order valence-electron chi connectivity index (χ1n) is 10.8. The third-order valence-electron chi connectivity index (χ3n) is 5.10. The Morgan fingerprint density at radius 1 is 1.08 bits per heavy atom. The fraction of sp³-hybridized carbons (Fsp3) is 0.160. The van der Waals surface area contributed by atoms with Crippen LogP contribution < -0.4 is 10.1 Å². The molecule has 0 radical (unpaired) electrons. The van der Waals surface area contributed by atoms with Crippen LogP contribution in [0.1, 0.15) is 12.0 Å². The van der Waals surface area contributed by atoms with E-state index in [1.54, 1.807) is 18.2 Å². The molecule has 1 atom stereocenters. The van der Waals surface area contributed by atoms with Crippen LogP contribution in [-0.2, 0) is 16.1 Å². The molecular weight excluding hydrogens is 567 g/mol. The number of carbonyl (C=O) groups excluding carboxylic acids is 2. The van der Waals surface area contributed by atoms with Crippen molar-refractivity contribution in [3.05, 3.63) is 88.4 Å². The molecule has 0 aromatic heterocycles. The summed E-state index contributed by atoms with van der Waals surface area (Å²) in [6.45, 7) is 0.272. The molecule has 0 bridgehead atoms. The maximum Gasteiger partial charge on any atom is 0.487 e. The SMILES string of the molecule is O=C(Nc1ccc(OC(F)(F)Cl)cc1)C1CC(=O)N(Cc2ccccc2)C(=Nc2ccc(Cl)c(Cl)c2)S1. The number of carbonyl (C=O) groups is 2. The number of hydrogen-bond donors (Lipinski definition) is 1. The molecular formula is C25H18Cl3F2N3O3S. The van der Waals surface area contributed by atoms with Crippen LogP contribution in [0.15, 0.2) is 77.8 Å². The molecule has 1 heterocycles. The van der Waals surface area contributed by atoms with E-state index in [9.17, 15) is 18.4 Å². The number of hydrogen-bond acceptors (Lipinski definition) is 5. The zero-order chi connectivity index (χ0) is 26.6. The first-order valence-corrected chi connectivity index (χ1v) is 12.8. The average Bonchev–Trinajstić information content (AvgIpc) is 2.84. The van der Waals surface area contributed by atoms with E-state index in [2.05, 4.69) is 15.0 Å². The number of nitrogens with one attached hydrogen (secondary N) is 1. The monoisotopic (exact) mass is 583 g/mol. The van der Waals surface area contributed by atoms with E-state index in [1.807, 2.05) is 30.3 Å². The lowest BCUT2D eigenvalue weighted by molar-refractivity contribution is -0.129. The minimum atomic E-state index is -3.85. The van der Waals surface area contributed by atoms with Gasteiger partial charge in [-0.1, -0.05) is 65.3 Å². The highest BCUT2D eigenvalue weighted by molar-refractivity contribution is 8.15. The van der Waals surface area contributed by atoms with Crippen LogP contribution in [0.4, 0.5) is 20.2 Å². The molecule has 3 aromatic rings. The van der Waals surface area contributed by atoms with Gasteiger partial charge in [0.2, 0.25) is 11.8 Å². The predicted octanol–water partition coefficient (Wildman–Crippen LogP) is 7.32. The number of amidine groups is 1. The minimum absolute atomic E-state index is 0.0661. The van der Waals surface area contributed by atoms with Crippen LogP contribution >= 0.6 is 46.6 Å². The Morgan fingerprint density at radius 2 is 1.78 bits per heavy atom. The lowest BCUT2D eigenvalue weighted by Gasteiger charge is -2.32. The number of nitrogens with zero attached hydrogens (tertiary/aromatic N) is 2. The van der Waals surface area contributed by atoms with E-state index in [0.717, 1.165) is 17.3 Å². The lowest BCUT2D eigenvalue weighted by Crippen LogP contribution is -2.44. The topological polar surface area (TPSA) is 71.0 Å². The summed E-state index contributed by atoms with van der Waals surface area (Å²) in [5, 5.41) is 2.89. The van der Waals surface area contributed by atoms with Crippen molar-refractivity contribution in [3.8, 4) is 5.75 Å². The predicted molar refractivity (Wildman–Crippen MR) is 143 cm³/mol. The quantitative estimate of drug-likeness (QED) is 0.295. The Labute approximate surface area is 230 Å². The van der Waals surface area contributed by atoms with Crippen molar-refractivity contribution in [1.29, 1.82) is 0 Å². The van der Waals surface area contributed by atoms with Crippen molar-refractivity contribution in [1.82, 2.24) is 4.90 Å². The highest BCUT2D eigenvalue weighted by atomic mass is 35.5. The van der Waals surface area contributed by atoms with Crippen molar-refractivity contribution >= 4 is 74.9 Å². The molecule has 0 spiro atoms. The maximum atomic E-state index is 13.2. The Morgan fingerprint density at radius 3 is 2.43 bits per heavy atom. The Hall–Kier alpha value is -2.85. The Balaban J connectivity index is 1.54. The first-order chi connectivity index (χ1) is 17.6. The minimum Gasteiger partial charge on any atom is -0.420 e. The number of halogens is 5. The van der Waals surface area contributed by atoms with Gasteiger partial charge in [-0.05, 0) is 48.0 Å². The van der Waals surface area contributed by atoms with Crippen LogP contribution in [0.5, 0.6) is 5.75 Å². The van der Waals surface area contributed by atoms with E-state index in [-0.39, 0.29) is 24.6 Å². The van der Waals surface area contributed by atoms with E-state index in [4.69, 9.17) is 34.8 Å². The molecule has 1 unspecified atom stereocenters. The maximum absolute atomic E-state index is 13.2. The van der Waals surface area contributed by atoms with Gasteiger partial charge >= 0.3 is 5.57 Å². The van der Waals surface area contributed by atoms with Crippen LogP contribution in [0.2, 0.25) is 10.0 Å². The normalized spacial score (nSPS) is 17.1. The fourth-order valence-corrected chi connectivity index (χ4v) is 4.87. The lowest BCUT2D eigenvalue weighted by atomic mass is 10.2. The van der Waals surface area contributed by atoms with Gasteiger partial charge in [-0.15, -0.1) is 8.78 Å². The molecule has 4 rings (SSSR count). The second-order valence-electron chi connectivity index (χ2n) is 7.83. The van der Waals surface area contributed by atoms with Crippen LogP contribution in [0.25, 0.3) is 0 Å². The fourth-order valence-electron chi connectivity index (χ4n) is 3.39. The number of rotatable bonds is 7. The van der Waals surface area contributed by atoms with Crippen molar-refractivity contribution in [2.24, 2.45) is 4.99 Å². The number of anilines is 1. The highest BCUT2D eigenvalue weighted by Crippen LogP contribution is 2.33. The number of aliphatic imine (C=N–C) groups is 1. The van der Waals surface area contributed by atoms with Crippen LogP contribution in [0.3, 0.4) is 0 Å². The second kappa shape index (κ2) is 11.7. The summed E-state index contributed by atoms with van der Waals surface area (Å²) >= 11 is 18.0. The molecule has 12 heteroatoms. The molecule has 37 heavy (non-hydrogen) atoms. The summed E-state index contributed by atoms with van der Waals surface area (Å²) in [6.07, 6.45) is -0.0661. The third kappa shape index (κ3) is 7.58. The number of amides is 2. The van der Waals surface area contributed by atoms with E-state index in [0.29, 0.717) is 26.6 Å². The number of alkyl halides is 3. The van der Waals surface area contributed by atoms with Gasteiger partial charge in [-0.3, -0.25) is 14.5 Å². The van der Waals surface area contributed by atoms with Crippen molar-refractivity contribution in [2.45, 2.75) is 23.8 Å². The van der Waals surface area contributed by atoms with Gasteiger partial charge < -0.3 is 10.1 Å². The van der Waals surface area contributed by atoms with Crippen molar-refractivity contribution in [2.75, 3.05) is 5.32 Å². The van der Waals surface area contributed by atoms with Gasteiger partial charge in [0.1, 0.15) is 11.0 Å². The summed E-state index contributed by atoms with van der Waals surface area (Å²) in [5.41, 5.74) is -2.15. The summed E-state index contributed by atoms with van der Waals surface area (Å²) in [4.78, 5) is 32.3. The van der Waals surface area contributed by atoms with Crippen molar-refractivity contribution < 1.29 is 23.1 Å². The van der Waals surface area contributed by atoms with E-state index in [1.165, 1.54) is 29.2 Å². The molecule has 1 aliphatic heterocycles. The summed E-state index contributed by atoms with van der Waals surface area (Å²) in [7, 11) is 0. The van der Waals surface area contributed by atoms with Gasteiger partial charge in [-0.25, -0.2) is 4.99 Å². The first kappa shape index (κ1) is 27.2. The number of ether oxygens (including phenoxy) is 1. The molecule has 3 aromatic carbocycles. The third-order valence-corrected chi connectivity index (χ3v) is 7.10. The molecule has 0 aliphatic carbocycles.